The lowest BCUT2D eigenvalue weighted by molar-refractivity contribution is 0.275. The summed E-state index contributed by atoms with van der Waals surface area (Å²) in [7, 11) is 0. The van der Waals surface area contributed by atoms with Crippen molar-refractivity contribution in [1.29, 1.82) is 0 Å². The van der Waals surface area contributed by atoms with Crippen LogP contribution in [-0.2, 0) is 13.2 Å². The lowest BCUT2D eigenvalue weighted by Gasteiger charge is -2.08. The van der Waals surface area contributed by atoms with Gasteiger partial charge in [0.05, 0.1) is 23.0 Å². The number of aryl methyl sites for hydroxylation is 1. The van der Waals surface area contributed by atoms with Crippen LogP contribution in [0.5, 0.6) is 0 Å². The van der Waals surface area contributed by atoms with E-state index in [2.05, 4.69) is 15.4 Å². The van der Waals surface area contributed by atoms with Gasteiger partial charge in [0.2, 0.25) is 0 Å². The Labute approximate surface area is 109 Å². The predicted octanol–water partition coefficient (Wildman–Crippen LogP) is 1.77. The molecule has 0 aromatic carbocycles. The van der Waals surface area contributed by atoms with Crippen molar-refractivity contribution in [2.75, 3.05) is 11.1 Å². The number of aliphatic hydroxyl groups excluding tert-OH is 1. The highest BCUT2D eigenvalue weighted by Gasteiger charge is 2.07. The smallest absolute Gasteiger partial charge is 0.133 e. The highest BCUT2D eigenvalue weighted by atomic mass is 35.5. The number of pyridine rings is 1. The van der Waals surface area contributed by atoms with Crippen LogP contribution < -0.4 is 11.1 Å². The van der Waals surface area contributed by atoms with E-state index in [1.807, 2.05) is 6.92 Å². The van der Waals surface area contributed by atoms with Gasteiger partial charge >= 0.3 is 0 Å². The summed E-state index contributed by atoms with van der Waals surface area (Å²) < 4.78 is 1.73. The molecule has 0 aliphatic rings. The van der Waals surface area contributed by atoms with Crippen LogP contribution in [0.1, 0.15) is 12.6 Å². The van der Waals surface area contributed by atoms with Gasteiger partial charge in [-0.25, -0.2) is 9.67 Å². The Morgan fingerprint density at radius 2 is 2.28 bits per heavy atom. The Hall–Kier alpha value is -1.79. The number of hydrogen-bond acceptors (Lipinski definition) is 5. The summed E-state index contributed by atoms with van der Waals surface area (Å²) in [6.07, 6.45) is 1.48. The first kappa shape index (κ1) is 12.7. The standard InChI is InChI=1S/C11H14ClN5O/c1-2-17-11(3-7(6-18)16-17)15-10-4-9(13)8(12)5-14-10/h3-5,18H,2,6H2,1H3,(H3,13,14,15). The molecule has 18 heavy (non-hydrogen) atoms. The van der Waals surface area contributed by atoms with Crippen molar-refractivity contribution in [2.45, 2.75) is 20.1 Å². The molecule has 0 amide bonds. The quantitative estimate of drug-likeness (QED) is 0.786. The van der Waals surface area contributed by atoms with E-state index < -0.39 is 0 Å². The molecule has 0 unspecified atom stereocenters. The molecule has 0 fully saturated rings. The maximum absolute atomic E-state index is 9.06. The van der Waals surface area contributed by atoms with Gasteiger partial charge in [0.1, 0.15) is 11.6 Å². The van der Waals surface area contributed by atoms with Crippen molar-refractivity contribution in [3.63, 3.8) is 0 Å². The number of anilines is 3. The molecule has 6 nitrogen and oxygen atoms in total. The fraction of sp³-hybridized carbons (Fsp3) is 0.273. The molecule has 2 aromatic rings. The molecule has 0 saturated heterocycles. The maximum Gasteiger partial charge on any atom is 0.133 e. The van der Waals surface area contributed by atoms with Crippen LogP contribution in [0.15, 0.2) is 18.3 Å². The molecule has 4 N–H and O–H groups in total. The molecule has 0 atom stereocenters. The van der Waals surface area contributed by atoms with Gasteiger partial charge in [0.15, 0.2) is 0 Å². The summed E-state index contributed by atoms with van der Waals surface area (Å²) in [5.41, 5.74) is 6.76. The van der Waals surface area contributed by atoms with Crippen LogP contribution in [0, 0.1) is 0 Å². The van der Waals surface area contributed by atoms with Crippen molar-refractivity contribution in [2.24, 2.45) is 0 Å². The monoisotopic (exact) mass is 267 g/mol. The van der Waals surface area contributed by atoms with Gasteiger partial charge in [-0.2, -0.15) is 5.10 Å². The van der Waals surface area contributed by atoms with Crippen LogP contribution in [0.2, 0.25) is 5.02 Å². The number of aromatic nitrogens is 3. The average molecular weight is 268 g/mol. The van der Waals surface area contributed by atoms with E-state index in [-0.39, 0.29) is 6.61 Å². The zero-order valence-electron chi connectivity index (χ0n) is 9.89. The molecule has 96 valence electrons. The summed E-state index contributed by atoms with van der Waals surface area (Å²) in [5.74, 6) is 1.33. The normalized spacial score (nSPS) is 10.6. The van der Waals surface area contributed by atoms with Crippen LogP contribution in [0.3, 0.4) is 0 Å². The molecule has 2 aromatic heterocycles. The molecule has 0 saturated carbocycles. The van der Waals surface area contributed by atoms with Gasteiger partial charge < -0.3 is 16.2 Å². The first-order chi connectivity index (χ1) is 8.63. The summed E-state index contributed by atoms with van der Waals surface area (Å²) in [5, 5.41) is 16.8. The molecule has 2 heterocycles. The number of nitrogens with two attached hydrogens (primary N) is 1. The van der Waals surface area contributed by atoms with Gasteiger partial charge in [-0.1, -0.05) is 11.6 Å². The number of nitrogens with one attached hydrogen (secondary N) is 1. The summed E-state index contributed by atoms with van der Waals surface area (Å²) in [4.78, 5) is 4.12. The van der Waals surface area contributed by atoms with E-state index >= 15 is 0 Å². The van der Waals surface area contributed by atoms with E-state index in [0.717, 1.165) is 5.82 Å². The molecular weight excluding hydrogens is 254 g/mol. The first-order valence-corrected chi connectivity index (χ1v) is 5.87. The molecule has 0 aliphatic carbocycles. The number of hydrogen-bond donors (Lipinski definition) is 3. The van der Waals surface area contributed by atoms with Gasteiger partial charge in [0.25, 0.3) is 0 Å². The Morgan fingerprint density at radius 3 is 2.89 bits per heavy atom. The third-order valence-electron chi connectivity index (χ3n) is 2.43. The number of halogens is 1. The van der Waals surface area contributed by atoms with E-state index in [4.69, 9.17) is 22.4 Å². The molecule has 0 spiro atoms. The predicted molar refractivity (Wildman–Crippen MR) is 70.8 cm³/mol. The average Bonchev–Trinajstić information content (AvgIpc) is 2.76. The Kier molecular flexibility index (Phi) is 3.69. The fourth-order valence-electron chi connectivity index (χ4n) is 1.54. The summed E-state index contributed by atoms with van der Waals surface area (Å²) in [6, 6.07) is 3.41. The molecule has 7 heteroatoms. The lowest BCUT2D eigenvalue weighted by atomic mass is 10.4. The zero-order chi connectivity index (χ0) is 13.1. The molecule has 2 rings (SSSR count). The molecular formula is C11H14ClN5O. The maximum atomic E-state index is 9.06. The van der Waals surface area contributed by atoms with Crippen molar-refractivity contribution in [1.82, 2.24) is 14.8 Å². The highest BCUT2D eigenvalue weighted by Crippen LogP contribution is 2.22. The topological polar surface area (TPSA) is 89.0 Å². The van der Waals surface area contributed by atoms with E-state index in [0.29, 0.717) is 28.8 Å². The van der Waals surface area contributed by atoms with Crippen molar-refractivity contribution in [3.8, 4) is 0 Å². The SMILES string of the molecule is CCn1nc(CO)cc1Nc1cc(N)c(Cl)cn1. The second-order valence-corrected chi connectivity index (χ2v) is 4.12. The van der Waals surface area contributed by atoms with Gasteiger partial charge in [-0.3, -0.25) is 0 Å². The van der Waals surface area contributed by atoms with Gasteiger partial charge in [0, 0.05) is 24.9 Å². The van der Waals surface area contributed by atoms with Gasteiger partial charge in [-0.05, 0) is 6.92 Å². The molecule has 0 radical (unpaired) electrons. The van der Waals surface area contributed by atoms with Crippen LogP contribution in [-0.4, -0.2) is 19.9 Å². The third-order valence-corrected chi connectivity index (χ3v) is 2.75. The minimum atomic E-state index is -0.0993. The third kappa shape index (κ3) is 2.55. The van der Waals surface area contributed by atoms with Crippen LogP contribution in [0.4, 0.5) is 17.3 Å². The first-order valence-electron chi connectivity index (χ1n) is 5.49. The largest absolute Gasteiger partial charge is 0.397 e. The molecule has 0 bridgehead atoms. The summed E-state index contributed by atoms with van der Waals surface area (Å²) >= 11 is 5.80. The van der Waals surface area contributed by atoms with Crippen molar-refractivity contribution >= 4 is 28.9 Å². The minimum Gasteiger partial charge on any atom is -0.397 e. The highest BCUT2D eigenvalue weighted by molar-refractivity contribution is 6.32. The van der Waals surface area contributed by atoms with Gasteiger partial charge in [-0.15, -0.1) is 0 Å². The summed E-state index contributed by atoms with van der Waals surface area (Å²) in [6.45, 7) is 2.55. The second kappa shape index (κ2) is 5.24. The lowest BCUT2D eigenvalue weighted by Crippen LogP contribution is -2.04. The molecule has 0 aliphatic heterocycles. The van der Waals surface area contributed by atoms with Crippen LogP contribution >= 0.6 is 11.6 Å². The Morgan fingerprint density at radius 1 is 1.50 bits per heavy atom. The number of nitrogen functional groups attached to an aromatic ring is 1. The van der Waals surface area contributed by atoms with E-state index in [9.17, 15) is 0 Å². The Bertz CT molecular complexity index is 554. The number of nitrogens with zero attached hydrogens (tertiary/aromatic N) is 3. The van der Waals surface area contributed by atoms with Crippen molar-refractivity contribution < 1.29 is 5.11 Å². The fourth-order valence-corrected chi connectivity index (χ4v) is 1.65. The number of rotatable bonds is 4. The second-order valence-electron chi connectivity index (χ2n) is 3.71. The number of aliphatic hydroxyl groups is 1. The van der Waals surface area contributed by atoms with E-state index in [1.54, 1.807) is 16.8 Å². The Balaban J connectivity index is 2.27. The zero-order valence-corrected chi connectivity index (χ0v) is 10.6. The minimum absolute atomic E-state index is 0.0993. The van der Waals surface area contributed by atoms with E-state index in [1.165, 1.54) is 6.20 Å². The van der Waals surface area contributed by atoms with Crippen LogP contribution in [0.25, 0.3) is 0 Å². The van der Waals surface area contributed by atoms with Crippen molar-refractivity contribution in [3.05, 3.63) is 29.0 Å².